The van der Waals surface area contributed by atoms with E-state index in [1.54, 1.807) is 6.07 Å². The molecule has 1 aromatic carbocycles. The van der Waals surface area contributed by atoms with Gasteiger partial charge in [-0.25, -0.2) is 4.39 Å². The second-order valence-electron chi connectivity index (χ2n) is 3.92. The molecule has 0 spiro atoms. The molecule has 0 radical (unpaired) electrons. The minimum atomic E-state index is -0.315. The zero-order valence-corrected chi connectivity index (χ0v) is 9.87. The molecule has 0 fully saturated rings. The van der Waals surface area contributed by atoms with Gasteiger partial charge in [0.2, 0.25) is 0 Å². The molecule has 4 heteroatoms. The maximum absolute atomic E-state index is 13.5. The van der Waals surface area contributed by atoms with Crippen molar-refractivity contribution in [2.75, 3.05) is 33.8 Å². The summed E-state index contributed by atoms with van der Waals surface area (Å²) < 4.78 is 19.0. The Morgan fingerprint density at radius 3 is 2.75 bits per heavy atom. The van der Waals surface area contributed by atoms with Crippen molar-refractivity contribution in [1.82, 2.24) is 4.90 Å². The Balaban J connectivity index is 2.68. The van der Waals surface area contributed by atoms with Crippen molar-refractivity contribution in [2.24, 2.45) is 5.73 Å². The molecule has 0 saturated carbocycles. The zero-order chi connectivity index (χ0) is 12.0. The molecule has 1 rings (SSSR count). The van der Waals surface area contributed by atoms with Crippen molar-refractivity contribution in [3.63, 3.8) is 0 Å². The summed E-state index contributed by atoms with van der Waals surface area (Å²) in [6.45, 7) is 1.73. The van der Waals surface area contributed by atoms with Crippen LogP contribution in [0.15, 0.2) is 18.2 Å². The highest BCUT2D eigenvalue weighted by molar-refractivity contribution is 5.35. The predicted molar refractivity (Wildman–Crippen MR) is 63.2 cm³/mol. The van der Waals surface area contributed by atoms with Crippen LogP contribution in [0.2, 0.25) is 0 Å². The van der Waals surface area contributed by atoms with Gasteiger partial charge in [0.05, 0.1) is 0 Å². The number of hydrogen-bond donors (Lipinski definition) is 1. The third kappa shape index (κ3) is 3.79. The summed E-state index contributed by atoms with van der Waals surface area (Å²) in [6.07, 6.45) is 0.634. The fourth-order valence-electron chi connectivity index (χ4n) is 1.40. The van der Waals surface area contributed by atoms with E-state index < -0.39 is 0 Å². The van der Waals surface area contributed by atoms with Crippen LogP contribution in [0.5, 0.6) is 5.75 Å². The maximum Gasteiger partial charge on any atom is 0.165 e. The molecular weight excluding hydrogens is 207 g/mol. The van der Waals surface area contributed by atoms with E-state index in [2.05, 4.69) is 0 Å². The van der Waals surface area contributed by atoms with Crippen LogP contribution in [0.25, 0.3) is 0 Å². The smallest absolute Gasteiger partial charge is 0.165 e. The Morgan fingerprint density at radius 1 is 1.38 bits per heavy atom. The van der Waals surface area contributed by atoms with Crippen LogP contribution in [0, 0.1) is 5.82 Å². The van der Waals surface area contributed by atoms with E-state index in [4.69, 9.17) is 10.5 Å². The summed E-state index contributed by atoms with van der Waals surface area (Å²) in [7, 11) is 3.90. The average molecular weight is 226 g/mol. The molecule has 0 bridgehead atoms. The molecule has 0 aliphatic rings. The monoisotopic (exact) mass is 226 g/mol. The standard InChI is InChI=1S/C12H19FN2O/c1-15(2)8-9-16-12-10(6-7-14)4-3-5-11(12)13/h3-5H,6-9,14H2,1-2H3. The van der Waals surface area contributed by atoms with Gasteiger partial charge >= 0.3 is 0 Å². The van der Waals surface area contributed by atoms with Crippen LogP contribution in [-0.2, 0) is 6.42 Å². The largest absolute Gasteiger partial charge is 0.489 e. The van der Waals surface area contributed by atoms with Gasteiger partial charge in [-0.3, -0.25) is 0 Å². The van der Waals surface area contributed by atoms with Crippen molar-refractivity contribution < 1.29 is 9.13 Å². The van der Waals surface area contributed by atoms with Crippen molar-refractivity contribution in [2.45, 2.75) is 6.42 Å². The average Bonchev–Trinajstić information content (AvgIpc) is 2.22. The van der Waals surface area contributed by atoms with Gasteiger partial charge in [-0.05, 0) is 38.7 Å². The Hall–Kier alpha value is -1.13. The lowest BCUT2D eigenvalue weighted by molar-refractivity contribution is 0.250. The van der Waals surface area contributed by atoms with Gasteiger partial charge in [-0.1, -0.05) is 12.1 Å². The summed E-state index contributed by atoms with van der Waals surface area (Å²) in [6, 6.07) is 4.94. The van der Waals surface area contributed by atoms with Crippen LogP contribution in [0.1, 0.15) is 5.56 Å². The normalized spacial score (nSPS) is 10.8. The first-order valence-corrected chi connectivity index (χ1v) is 5.40. The number of nitrogens with zero attached hydrogens (tertiary/aromatic N) is 1. The van der Waals surface area contributed by atoms with Crippen LogP contribution in [0.4, 0.5) is 4.39 Å². The fraction of sp³-hybridized carbons (Fsp3) is 0.500. The highest BCUT2D eigenvalue weighted by atomic mass is 19.1. The van der Waals surface area contributed by atoms with E-state index >= 15 is 0 Å². The SMILES string of the molecule is CN(C)CCOc1c(F)cccc1CCN. The molecule has 90 valence electrons. The van der Waals surface area contributed by atoms with E-state index in [9.17, 15) is 4.39 Å². The number of para-hydroxylation sites is 1. The lowest BCUT2D eigenvalue weighted by atomic mass is 10.1. The van der Waals surface area contributed by atoms with Gasteiger partial charge in [-0.15, -0.1) is 0 Å². The van der Waals surface area contributed by atoms with Gasteiger partial charge in [-0.2, -0.15) is 0 Å². The van der Waals surface area contributed by atoms with Crippen molar-refractivity contribution in [3.8, 4) is 5.75 Å². The Kier molecular flexibility index (Phi) is 5.22. The number of nitrogens with two attached hydrogens (primary N) is 1. The van der Waals surface area contributed by atoms with E-state index in [0.29, 0.717) is 25.3 Å². The lowest BCUT2D eigenvalue weighted by Crippen LogP contribution is -2.20. The van der Waals surface area contributed by atoms with Gasteiger partial charge in [0.1, 0.15) is 6.61 Å². The molecule has 0 amide bonds. The van der Waals surface area contributed by atoms with E-state index in [1.807, 2.05) is 25.1 Å². The Bertz CT molecular complexity index is 329. The molecule has 0 aliphatic heterocycles. The molecule has 0 heterocycles. The molecule has 2 N–H and O–H groups in total. The summed E-state index contributed by atoms with van der Waals surface area (Å²) in [5.74, 6) is 0.0273. The molecule has 0 aromatic heterocycles. The van der Waals surface area contributed by atoms with Crippen LogP contribution in [-0.4, -0.2) is 38.7 Å². The summed E-state index contributed by atoms with van der Waals surface area (Å²) in [5.41, 5.74) is 6.30. The summed E-state index contributed by atoms with van der Waals surface area (Å²) in [5, 5.41) is 0. The highest BCUT2D eigenvalue weighted by Crippen LogP contribution is 2.22. The molecule has 1 aromatic rings. The van der Waals surface area contributed by atoms with Gasteiger partial charge in [0.25, 0.3) is 0 Å². The summed E-state index contributed by atoms with van der Waals surface area (Å²) in [4.78, 5) is 1.99. The number of likely N-dealkylation sites (N-methyl/N-ethyl adjacent to an activating group) is 1. The molecular formula is C12H19FN2O. The second kappa shape index (κ2) is 6.45. The molecule has 0 saturated heterocycles. The van der Waals surface area contributed by atoms with Gasteiger partial charge in [0.15, 0.2) is 11.6 Å². The lowest BCUT2D eigenvalue weighted by Gasteiger charge is -2.14. The van der Waals surface area contributed by atoms with Crippen LogP contribution in [0.3, 0.4) is 0 Å². The van der Waals surface area contributed by atoms with Crippen LogP contribution < -0.4 is 10.5 Å². The Morgan fingerprint density at radius 2 is 2.12 bits per heavy atom. The zero-order valence-electron chi connectivity index (χ0n) is 9.87. The summed E-state index contributed by atoms with van der Waals surface area (Å²) >= 11 is 0. The number of benzene rings is 1. The first-order chi connectivity index (χ1) is 7.65. The fourth-order valence-corrected chi connectivity index (χ4v) is 1.40. The topological polar surface area (TPSA) is 38.5 Å². The molecule has 0 atom stereocenters. The third-order valence-corrected chi connectivity index (χ3v) is 2.25. The first kappa shape index (κ1) is 12.9. The third-order valence-electron chi connectivity index (χ3n) is 2.25. The van der Waals surface area contributed by atoms with E-state index in [0.717, 1.165) is 12.1 Å². The molecule has 3 nitrogen and oxygen atoms in total. The number of hydrogen-bond acceptors (Lipinski definition) is 3. The molecule has 0 aliphatic carbocycles. The predicted octanol–water partition coefficient (Wildman–Crippen LogP) is 1.27. The molecule has 16 heavy (non-hydrogen) atoms. The molecule has 0 unspecified atom stereocenters. The minimum absolute atomic E-state index is 0.315. The quantitative estimate of drug-likeness (QED) is 0.794. The highest BCUT2D eigenvalue weighted by Gasteiger charge is 2.08. The van der Waals surface area contributed by atoms with Crippen molar-refractivity contribution in [3.05, 3.63) is 29.6 Å². The number of halogens is 1. The van der Waals surface area contributed by atoms with Gasteiger partial charge in [0, 0.05) is 6.54 Å². The van der Waals surface area contributed by atoms with E-state index in [1.165, 1.54) is 6.07 Å². The van der Waals surface area contributed by atoms with Crippen molar-refractivity contribution in [1.29, 1.82) is 0 Å². The van der Waals surface area contributed by atoms with Gasteiger partial charge < -0.3 is 15.4 Å². The van der Waals surface area contributed by atoms with Crippen LogP contribution >= 0.6 is 0 Å². The Labute approximate surface area is 96.0 Å². The van der Waals surface area contributed by atoms with Crippen molar-refractivity contribution >= 4 is 0 Å². The van der Waals surface area contributed by atoms with E-state index in [-0.39, 0.29) is 5.82 Å². The second-order valence-corrected chi connectivity index (χ2v) is 3.92. The number of ether oxygens (including phenoxy) is 1. The number of rotatable bonds is 6. The maximum atomic E-state index is 13.5. The first-order valence-electron chi connectivity index (χ1n) is 5.40. The minimum Gasteiger partial charge on any atom is -0.489 e.